The maximum absolute atomic E-state index is 13.1. The number of benzene rings is 2. The van der Waals surface area contributed by atoms with Crippen molar-refractivity contribution in [2.24, 2.45) is 0 Å². The number of amides is 4. The third kappa shape index (κ3) is 3.56. The van der Waals surface area contributed by atoms with Crippen molar-refractivity contribution < 1.29 is 37.8 Å². The van der Waals surface area contributed by atoms with Crippen molar-refractivity contribution in [1.82, 2.24) is 5.32 Å². The number of nitrogens with one attached hydrogen (secondary N) is 1. The van der Waals surface area contributed by atoms with Crippen LogP contribution in [0, 0.1) is 0 Å². The topological polar surface area (TPSA) is 124 Å². The number of methoxy groups -OCH3 is 1. The number of hydrogen-bond acceptors (Lipinski definition) is 8. The van der Waals surface area contributed by atoms with Crippen LogP contribution in [0.15, 0.2) is 64.6 Å². The largest absolute Gasteiger partial charge is 0.465 e. The minimum Gasteiger partial charge on any atom is -0.465 e. The van der Waals surface area contributed by atoms with Crippen molar-refractivity contribution in [2.45, 2.75) is 0 Å². The lowest BCUT2D eigenvalue weighted by molar-refractivity contribution is -0.122. The lowest BCUT2D eigenvalue weighted by Crippen LogP contribution is -2.54. The molecule has 170 valence electrons. The van der Waals surface area contributed by atoms with Crippen molar-refractivity contribution in [3.05, 3.63) is 71.5 Å². The van der Waals surface area contributed by atoms with Gasteiger partial charge in [0.25, 0.3) is 11.8 Å². The highest BCUT2D eigenvalue weighted by Gasteiger charge is 2.37. The number of carbonyl (C=O) groups excluding carboxylic acids is 4. The van der Waals surface area contributed by atoms with E-state index in [1.807, 2.05) is 0 Å². The molecule has 0 spiro atoms. The quantitative estimate of drug-likeness (QED) is 0.358. The Kier molecular flexibility index (Phi) is 5.09. The van der Waals surface area contributed by atoms with E-state index >= 15 is 0 Å². The summed E-state index contributed by atoms with van der Waals surface area (Å²) < 4.78 is 21.1. The summed E-state index contributed by atoms with van der Waals surface area (Å²) in [6.45, 7) is 0.0303. The van der Waals surface area contributed by atoms with Gasteiger partial charge in [-0.25, -0.2) is 14.5 Å². The first-order valence-electron chi connectivity index (χ1n) is 10.0. The van der Waals surface area contributed by atoms with Gasteiger partial charge in [-0.05, 0) is 36.4 Å². The Labute approximate surface area is 192 Å². The normalized spacial score (nSPS) is 16.1. The van der Waals surface area contributed by atoms with Gasteiger partial charge in [0.1, 0.15) is 17.1 Å². The van der Waals surface area contributed by atoms with Crippen molar-refractivity contribution in [3.63, 3.8) is 0 Å². The van der Waals surface area contributed by atoms with Gasteiger partial charge in [0.2, 0.25) is 6.79 Å². The average Bonchev–Trinajstić information content (AvgIpc) is 3.50. The van der Waals surface area contributed by atoms with Crippen LogP contribution in [0.3, 0.4) is 0 Å². The summed E-state index contributed by atoms with van der Waals surface area (Å²) in [4.78, 5) is 50.9. The summed E-state index contributed by atoms with van der Waals surface area (Å²) in [5.74, 6) is -0.864. The molecule has 3 aromatic rings. The maximum Gasteiger partial charge on any atom is 0.338 e. The fourth-order valence-corrected chi connectivity index (χ4v) is 3.62. The van der Waals surface area contributed by atoms with Crippen LogP contribution in [-0.4, -0.2) is 37.7 Å². The maximum atomic E-state index is 13.1. The second-order valence-corrected chi connectivity index (χ2v) is 7.23. The third-order valence-corrected chi connectivity index (χ3v) is 5.23. The summed E-state index contributed by atoms with van der Waals surface area (Å²) in [7, 11) is 1.28. The molecule has 0 unspecified atom stereocenters. The highest BCUT2D eigenvalue weighted by molar-refractivity contribution is 6.39. The Hall–Kier alpha value is -4.86. The molecule has 1 fully saturated rings. The molecule has 34 heavy (non-hydrogen) atoms. The molecule has 0 radical (unpaired) electrons. The predicted molar refractivity (Wildman–Crippen MR) is 117 cm³/mol. The Bertz CT molecular complexity index is 1390. The van der Waals surface area contributed by atoms with Gasteiger partial charge in [-0.15, -0.1) is 0 Å². The number of furan rings is 1. The average molecular weight is 460 g/mol. The number of barbiturate groups is 1. The van der Waals surface area contributed by atoms with Crippen LogP contribution in [-0.2, 0) is 14.3 Å². The van der Waals surface area contributed by atoms with Crippen LogP contribution in [0.5, 0.6) is 11.5 Å². The molecule has 3 heterocycles. The molecule has 0 aliphatic carbocycles. The number of esters is 1. The predicted octanol–water partition coefficient (Wildman–Crippen LogP) is 3.13. The number of fused-ring (bicyclic) bond motifs is 1. The van der Waals surface area contributed by atoms with Crippen LogP contribution in [0.2, 0.25) is 0 Å². The molecule has 1 saturated heterocycles. The Morgan fingerprint density at radius 3 is 2.65 bits per heavy atom. The second kappa shape index (κ2) is 8.24. The van der Waals surface area contributed by atoms with E-state index in [1.165, 1.54) is 31.4 Å². The molecule has 1 aromatic heterocycles. The molecule has 0 bridgehead atoms. The smallest absolute Gasteiger partial charge is 0.338 e. The van der Waals surface area contributed by atoms with Crippen LogP contribution in [0.25, 0.3) is 17.4 Å². The minimum atomic E-state index is -0.891. The summed E-state index contributed by atoms with van der Waals surface area (Å²) in [6, 6.07) is 13.5. The number of rotatable bonds is 4. The number of nitrogens with zero attached hydrogens (tertiary/aromatic N) is 1. The lowest BCUT2D eigenvalue weighted by atomic mass is 10.1. The number of ether oxygens (including phenoxy) is 3. The fourth-order valence-electron chi connectivity index (χ4n) is 3.62. The molecule has 1 N–H and O–H groups in total. The van der Waals surface area contributed by atoms with Gasteiger partial charge in [-0.2, -0.15) is 0 Å². The van der Waals surface area contributed by atoms with Gasteiger partial charge in [-0.3, -0.25) is 14.9 Å². The Morgan fingerprint density at radius 2 is 1.82 bits per heavy atom. The van der Waals surface area contributed by atoms with Gasteiger partial charge in [-0.1, -0.05) is 18.2 Å². The van der Waals surface area contributed by atoms with E-state index in [4.69, 9.17) is 18.6 Å². The molecule has 2 aliphatic rings. The van der Waals surface area contributed by atoms with Gasteiger partial charge in [0, 0.05) is 11.6 Å². The number of anilines is 1. The molecule has 2 aromatic carbocycles. The second-order valence-electron chi connectivity index (χ2n) is 7.23. The molecule has 10 nitrogen and oxygen atoms in total. The molecular weight excluding hydrogens is 444 g/mol. The first kappa shape index (κ1) is 21.0. The number of imide groups is 2. The molecule has 0 atom stereocenters. The van der Waals surface area contributed by atoms with Crippen LogP contribution in [0.1, 0.15) is 16.1 Å². The zero-order chi connectivity index (χ0) is 23.8. The number of urea groups is 1. The lowest BCUT2D eigenvalue weighted by Gasteiger charge is -2.26. The van der Waals surface area contributed by atoms with Crippen LogP contribution < -0.4 is 19.7 Å². The first-order chi connectivity index (χ1) is 16.5. The van der Waals surface area contributed by atoms with Gasteiger partial charge >= 0.3 is 12.0 Å². The van der Waals surface area contributed by atoms with E-state index in [0.29, 0.717) is 28.4 Å². The summed E-state index contributed by atoms with van der Waals surface area (Å²) in [5.41, 5.74) is 0.678. The standard InChI is InChI=1S/C24H16N2O8/c1-31-23(29)16-5-3-2-4-15(16)18-9-7-14(34-18)11-17-21(27)25-24(30)26(22(17)28)13-6-8-19-20(10-13)33-12-32-19/h2-11H,12H2,1H3,(H,25,27,30)/b17-11+. The molecule has 0 saturated carbocycles. The molecule has 5 rings (SSSR count). The van der Waals surface area contributed by atoms with Crippen molar-refractivity contribution in [1.29, 1.82) is 0 Å². The number of hydrogen-bond donors (Lipinski definition) is 1. The van der Waals surface area contributed by atoms with Gasteiger partial charge in [0.05, 0.1) is 18.4 Å². The third-order valence-electron chi connectivity index (χ3n) is 5.23. The SMILES string of the molecule is COC(=O)c1ccccc1-c1ccc(/C=C2\C(=O)NC(=O)N(c3ccc4c(c3)OCO4)C2=O)o1. The Balaban J connectivity index is 1.48. The van der Waals surface area contributed by atoms with Crippen molar-refractivity contribution in [3.8, 4) is 22.8 Å². The summed E-state index contributed by atoms with van der Waals surface area (Å²) in [5, 5.41) is 2.15. The molecule has 10 heteroatoms. The van der Waals surface area contributed by atoms with Crippen LogP contribution >= 0.6 is 0 Å². The molecule has 4 amide bonds. The summed E-state index contributed by atoms with van der Waals surface area (Å²) in [6.07, 6.45) is 1.23. The highest BCUT2D eigenvalue weighted by atomic mass is 16.7. The number of carbonyl (C=O) groups is 4. The summed E-state index contributed by atoms with van der Waals surface area (Å²) >= 11 is 0. The van der Waals surface area contributed by atoms with Crippen molar-refractivity contribution in [2.75, 3.05) is 18.8 Å². The minimum absolute atomic E-state index is 0.0303. The van der Waals surface area contributed by atoms with Gasteiger partial charge in [0.15, 0.2) is 11.5 Å². The first-order valence-corrected chi connectivity index (χ1v) is 10.0. The zero-order valence-corrected chi connectivity index (χ0v) is 17.7. The van der Waals surface area contributed by atoms with Crippen LogP contribution in [0.4, 0.5) is 10.5 Å². The van der Waals surface area contributed by atoms with E-state index in [0.717, 1.165) is 4.90 Å². The van der Waals surface area contributed by atoms with E-state index < -0.39 is 23.8 Å². The van der Waals surface area contributed by atoms with E-state index in [2.05, 4.69) is 5.32 Å². The van der Waals surface area contributed by atoms with Gasteiger partial charge < -0.3 is 18.6 Å². The van der Waals surface area contributed by atoms with E-state index in [9.17, 15) is 19.2 Å². The van der Waals surface area contributed by atoms with Crippen molar-refractivity contribution >= 4 is 35.6 Å². The fraction of sp³-hybridized carbons (Fsp3) is 0.0833. The van der Waals surface area contributed by atoms with E-state index in [-0.39, 0.29) is 23.8 Å². The highest BCUT2D eigenvalue weighted by Crippen LogP contribution is 2.36. The molecular formula is C24H16N2O8. The van der Waals surface area contributed by atoms with E-state index in [1.54, 1.807) is 36.4 Å². The monoisotopic (exact) mass is 460 g/mol. The zero-order valence-electron chi connectivity index (χ0n) is 17.7. The Morgan fingerprint density at radius 1 is 1.03 bits per heavy atom. The molecule has 2 aliphatic heterocycles.